The number of methoxy groups -OCH3 is 1. The molecule has 0 fully saturated rings. The summed E-state index contributed by atoms with van der Waals surface area (Å²) in [6.45, 7) is 1.33. The van der Waals surface area contributed by atoms with Gasteiger partial charge in [0.1, 0.15) is 0 Å². The third-order valence-electron chi connectivity index (χ3n) is 2.14. The van der Waals surface area contributed by atoms with Crippen LogP contribution in [0.25, 0.3) is 0 Å². The first-order chi connectivity index (χ1) is 8.45. The van der Waals surface area contributed by atoms with Gasteiger partial charge in [0.05, 0.1) is 22.7 Å². The number of hydrogen-bond acceptors (Lipinski definition) is 6. The van der Waals surface area contributed by atoms with Crippen molar-refractivity contribution >= 4 is 29.2 Å². The van der Waals surface area contributed by atoms with Crippen molar-refractivity contribution in [2.24, 2.45) is 0 Å². The first-order valence-corrected chi connectivity index (χ1v) is 5.93. The van der Waals surface area contributed by atoms with Gasteiger partial charge in [0.2, 0.25) is 0 Å². The largest absolute Gasteiger partial charge is 0.468 e. The van der Waals surface area contributed by atoms with E-state index in [9.17, 15) is 19.7 Å². The highest BCUT2D eigenvalue weighted by atomic mass is 32.2. The zero-order chi connectivity index (χ0) is 13.7. The number of carbonyl (C=O) groups excluding carboxylic acids is 2. The molecular weight excluding hydrogens is 258 g/mol. The molecule has 18 heavy (non-hydrogen) atoms. The number of ketones is 1. The number of esters is 1. The summed E-state index contributed by atoms with van der Waals surface area (Å²) in [6, 6.07) is 4.17. The lowest BCUT2D eigenvalue weighted by atomic mass is 10.1. The zero-order valence-electron chi connectivity index (χ0n) is 9.84. The van der Waals surface area contributed by atoms with Crippen molar-refractivity contribution in [3.8, 4) is 0 Å². The number of thioether (sulfide) groups is 1. The molecule has 0 aliphatic heterocycles. The lowest BCUT2D eigenvalue weighted by Crippen LogP contribution is -2.04. The van der Waals surface area contributed by atoms with Crippen LogP contribution in [-0.4, -0.2) is 29.5 Å². The molecule has 6 nitrogen and oxygen atoms in total. The predicted octanol–water partition coefficient (Wildman–Crippen LogP) is 2.06. The maximum atomic E-state index is 11.1. The summed E-state index contributed by atoms with van der Waals surface area (Å²) in [4.78, 5) is 32.7. The molecule has 0 bridgehead atoms. The fourth-order valence-electron chi connectivity index (χ4n) is 1.20. The van der Waals surface area contributed by atoms with Gasteiger partial charge >= 0.3 is 5.97 Å². The molecule has 0 N–H and O–H groups in total. The number of rotatable bonds is 5. The molecule has 0 unspecified atom stereocenters. The van der Waals surface area contributed by atoms with Crippen molar-refractivity contribution in [2.75, 3.05) is 12.9 Å². The van der Waals surface area contributed by atoms with Gasteiger partial charge < -0.3 is 4.74 Å². The maximum Gasteiger partial charge on any atom is 0.315 e. The van der Waals surface area contributed by atoms with E-state index in [4.69, 9.17) is 0 Å². The molecule has 0 saturated heterocycles. The van der Waals surface area contributed by atoms with Crippen LogP contribution in [0.4, 0.5) is 5.69 Å². The Morgan fingerprint density at radius 2 is 2.11 bits per heavy atom. The molecule has 0 atom stereocenters. The number of ether oxygens (including phenoxy) is 1. The van der Waals surface area contributed by atoms with E-state index < -0.39 is 10.9 Å². The van der Waals surface area contributed by atoms with E-state index in [0.717, 1.165) is 11.8 Å². The van der Waals surface area contributed by atoms with Crippen LogP contribution in [0.1, 0.15) is 17.3 Å². The number of benzene rings is 1. The summed E-state index contributed by atoms with van der Waals surface area (Å²) in [5.41, 5.74) is 0.0840. The highest BCUT2D eigenvalue weighted by Crippen LogP contribution is 2.30. The van der Waals surface area contributed by atoms with Crippen molar-refractivity contribution in [2.45, 2.75) is 11.8 Å². The lowest BCUT2D eigenvalue weighted by Gasteiger charge is -2.03. The molecular formula is C11H11NO5S. The fraction of sp³-hybridized carbons (Fsp3) is 0.273. The molecule has 0 spiro atoms. The normalized spacial score (nSPS) is 9.89. The van der Waals surface area contributed by atoms with Crippen LogP contribution in [0.15, 0.2) is 23.1 Å². The maximum absolute atomic E-state index is 11.1. The standard InChI is InChI=1S/C11H11NO5S/c1-7(13)8-3-4-10(9(5-8)12(15)16)18-6-11(14)17-2/h3-5H,6H2,1-2H3. The van der Waals surface area contributed by atoms with Gasteiger partial charge in [-0.05, 0) is 19.1 Å². The monoisotopic (exact) mass is 269 g/mol. The average molecular weight is 269 g/mol. The third-order valence-corrected chi connectivity index (χ3v) is 3.17. The van der Waals surface area contributed by atoms with Crippen LogP contribution in [-0.2, 0) is 9.53 Å². The van der Waals surface area contributed by atoms with Gasteiger partial charge in [-0.1, -0.05) is 0 Å². The Morgan fingerprint density at radius 1 is 1.44 bits per heavy atom. The molecule has 7 heteroatoms. The predicted molar refractivity (Wildman–Crippen MR) is 65.8 cm³/mol. The van der Waals surface area contributed by atoms with Crippen molar-refractivity contribution < 1.29 is 19.2 Å². The summed E-state index contributed by atoms with van der Waals surface area (Å²) in [5.74, 6) is -0.732. The van der Waals surface area contributed by atoms with Crippen molar-refractivity contribution in [3.05, 3.63) is 33.9 Å². The van der Waals surface area contributed by atoms with E-state index in [-0.39, 0.29) is 22.8 Å². The molecule has 1 aromatic carbocycles. The van der Waals surface area contributed by atoms with Crippen LogP contribution in [0.3, 0.4) is 0 Å². The van der Waals surface area contributed by atoms with Crippen molar-refractivity contribution in [1.29, 1.82) is 0 Å². The number of carbonyl (C=O) groups is 2. The van der Waals surface area contributed by atoms with Gasteiger partial charge in [-0.15, -0.1) is 11.8 Å². The highest BCUT2D eigenvalue weighted by Gasteiger charge is 2.17. The fourth-order valence-corrected chi connectivity index (χ4v) is 2.03. The first kappa shape index (κ1) is 14.2. The van der Waals surface area contributed by atoms with E-state index in [0.29, 0.717) is 4.90 Å². The van der Waals surface area contributed by atoms with Crippen LogP contribution < -0.4 is 0 Å². The first-order valence-electron chi connectivity index (χ1n) is 4.94. The molecule has 0 amide bonds. The number of nitrogens with zero attached hydrogens (tertiary/aromatic N) is 1. The van der Waals surface area contributed by atoms with E-state index in [2.05, 4.69) is 4.74 Å². The molecule has 0 radical (unpaired) electrons. The molecule has 0 aliphatic rings. The number of hydrogen-bond donors (Lipinski definition) is 0. The summed E-state index contributed by atoms with van der Waals surface area (Å²) in [7, 11) is 1.25. The topological polar surface area (TPSA) is 86.5 Å². The Balaban J connectivity index is 3.00. The van der Waals surface area contributed by atoms with Crippen LogP contribution >= 0.6 is 11.8 Å². The molecule has 0 aliphatic carbocycles. The van der Waals surface area contributed by atoms with Gasteiger partial charge in [-0.3, -0.25) is 19.7 Å². The van der Waals surface area contributed by atoms with Gasteiger partial charge in [0.15, 0.2) is 5.78 Å². The lowest BCUT2D eigenvalue weighted by molar-refractivity contribution is -0.387. The minimum atomic E-state index is -0.577. The number of Topliss-reactive ketones (excluding diaryl/α,β-unsaturated/α-hetero) is 1. The smallest absolute Gasteiger partial charge is 0.315 e. The Labute approximate surface area is 107 Å². The molecule has 96 valence electrons. The summed E-state index contributed by atoms with van der Waals surface area (Å²) in [5, 5.41) is 10.9. The average Bonchev–Trinajstić information content (AvgIpc) is 2.35. The Kier molecular flexibility index (Phi) is 4.85. The van der Waals surface area contributed by atoms with Crippen LogP contribution in [0, 0.1) is 10.1 Å². The van der Waals surface area contributed by atoms with E-state index >= 15 is 0 Å². The minimum absolute atomic E-state index is 0.0171. The number of nitro benzene ring substituents is 1. The van der Waals surface area contributed by atoms with Crippen molar-refractivity contribution in [3.63, 3.8) is 0 Å². The van der Waals surface area contributed by atoms with Gasteiger partial charge in [-0.2, -0.15) is 0 Å². The molecule has 1 aromatic rings. The molecule has 0 saturated carbocycles. The SMILES string of the molecule is COC(=O)CSc1ccc(C(C)=O)cc1[N+](=O)[O-]. The summed E-state index contributed by atoms with van der Waals surface area (Å²) >= 11 is 1.00. The van der Waals surface area contributed by atoms with Gasteiger partial charge in [0, 0.05) is 11.6 Å². The van der Waals surface area contributed by atoms with E-state index in [1.54, 1.807) is 0 Å². The zero-order valence-corrected chi connectivity index (χ0v) is 10.7. The minimum Gasteiger partial charge on any atom is -0.468 e. The number of nitro groups is 1. The Bertz CT molecular complexity index is 500. The highest BCUT2D eigenvalue weighted by molar-refractivity contribution is 8.00. The second-order valence-electron chi connectivity index (χ2n) is 3.36. The Hall–Kier alpha value is -1.89. The third kappa shape index (κ3) is 3.56. The summed E-state index contributed by atoms with van der Waals surface area (Å²) < 4.78 is 4.45. The quantitative estimate of drug-likeness (QED) is 0.267. The Morgan fingerprint density at radius 3 is 2.61 bits per heavy atom. The second-order valence-corrected chi connectivity index (χ2v) is 4.38. The van der Waals surface area contributed by atoms with Crippen LogP contribution in [0.5, 0.6) is 0 Å². The molecule has 1 rings (SSSR count). The molecule has 0 heterocycles. The van der Waals surface area contributed by atoms with Gasteiger partial charge in [0.25, 0.3) is 5.69 Å². The molecule has 0 aromatic heterocycles. The van der Waals surface area contributed by atoms with E-state index in [1.165, 1.54) is 32.2 Å². The second kappa shape index (κ2) is 6.15. The van der Waals surface area contributed by atoms with Gasteiger partial charge in [-0.25, -0.2) is 0 Å². The van der Waals surface area contributed by atoms with E-state index in [1.807, 2.05) is 0 Å². The summed E-state index contributed by atoms with van der Waals surface area (Å²) in [6.07, 6.45) is 0. The van der Waals surface area contributed by atoms with Crippen LogP contribution in [0.2, 0.25) is 0 Å². The van der Waals surface area contributed by atoms with Crippen molar-refractivity contribution in [1.82, 2.24) is 0 Å².